The minimum absolute atomic E-state index is 0.0889. The second-order valence-corrected chi connectivity index (χ2v) is 6.75. The van der Waals surface area contributed by atoms with Gasteiger partial charge in [-0.05, 0) is 53.8 Å². The topological polar surface area (TPSA) is 86.9 Å². The Morgan fingerprint density at radius 1 is 1.16 bits per heavy atom. The Morgan fingerprint density at radius 3 is 2.64 bits per heavy atom. The molecule has 0 fully saturated rings. The minimum atomic E-state index is -0.284. The van der Waals surface area contributed by atoms with E-state index in [4.69, 9.17) is 0 Å². The largest absolute Gasteiger partial charge is 0.345 e. The molecule has 0 bridgehead atoms. The molecule has 0 saturated carbocycles. The fourth-order valence-corrected chi connectivity index (χ4v) is 3.07. The number of nitrogens with zero attached hydrogens (tertiary/aromatic N) is 1. The SMILES string of the molecule is CC(NC(=O)CNC(=O)c1ccccc1I)c1nc2ccccc2[nH]1. The third-order valence-corrected chi connectivity index (χ3v) is 4.66. The number of carbonyl (C=O) groups excluding carboxylic acids is 2. The van der Waals surface area contributed by atoms with Crippen molar-refractivity contribution in [3.05, 3.63) is 63.5 Å². The molecule has 0 aliphatic rings. The van der Waals surface area contributed by atoms with Crippen molar-refractivity contribution < 1.29 is 9.59 Å². The summed E-state index contributed by atoms with van der Waals surface area (Å²) in [6.07, 6.45) is 0. The lowest BCUT2D eigenvalue weighted by molar-refractivity contribution is -0.120. The molecule has 1 unspecified atom stereocenters. The first-order chi connectivity index (χ1) is 12.0. The van der Waals surface area contributed by atoms with Gasteiger partial charge >= 0.3 is 0 Å². The van der Waals surface area contributed by atoms with Crippen LogP contribution in [0.1, 0.15) is 29.1 Å². The number of benzene rings is 2. The number of halogens is 1. The summed E-state index contributed by atoms with van der Waals surface area (Å²) in [6.45, 7) is 1.76. The molecule has 3 N–H and O–H groups in total. The molecule has 128 valence electrons. The maximum absolute atomic E-state index is 12.1. The number of aromatic nitrogens is 2. The van der Waals surface area contributed by atoms with Crippen molar-refractivity contribution in [3.63, 3.8) is 0 Å². The van der Waals surface area contributed by atoms with Crippen LogP contribution in [0.3, 0.4) is 0 Å². The van der Waals surface area contributed by atoms with Gasteiger partial charge in [-0.1, -0.05) is 24.3 Å². The molecule has 1 heterocycles. The molecular weight excluding hydrogens is 431 g/mol. The standard InChI is InChI=1S/C18H17IN4O2/c1-11(17-22-14-8-4-5-9-15(14)23-17)21-16(24)10-20-18(25)12-6-2-3-7-13(12)19/h2-9,11H,10H2,1H3,(H,20,25)(H,21,24)(H,22,23). The van der Waals surface area contributed by atoms with Gasteiger partial charge in [0.15, 0.2) is 0 Å². The number of imidazole rings is 1. The molecule has 1 aromatic heterocycles. The van der Waals surface area contributed by atoms with Crippen molar-refractivity contribution in [2.45, 2.75) is 13.0 Å². The Balaban J connectivity index is 1.57. The predicted molar refractivity (Wildman–Crippen MR) is 104 cm³/mol. The van der Waals surface area contributed by atoms with Gasteiger partial charge in [0.05, 0.1) is 29.2 Å². The van der Waals surface area contributed by atoms with E-state index in [1.807, 2.05) is 43.3 Å². The van der Waals surface area contributed by atoms with Crippen LogP contribution in [0, 0.1) is 3.57 Å². The van der Waals surface area contributed by atoms with Gasteiger partial charge in [-0.3, -0.25) is 9.59 Å². The molecule has 3 aromatic rings. The number of amides is 2. The fraction of sp³-hybridized carbons (Fsp3) is 0.167. The number of aromatic amines is 1. The molecule has 2 aromatic carbocycles. The molecule has 6 nitrogen and oxygen atoms in total. The highest BCUT2D eigenvalue weighted by atomic mass is 127. The van der Waals surface area contributed by atoms with Crippen LogP contribution in [0.15, 0.2) is 48.5 Å². The van der Waals surface area contributed by atoms with Crippen molar-refractivity contribution in [2.24, 2.45) is 0 Å². The Bertz CT molecular complexity index is 889. The van der Waals surface area contributed by atoms with Crippen molar-refractivity contribution in [1.29, 1.82) is 0 Å². The van der Waals surface area contributed by atoms with Crippen molar-refractivity contribution >= 4 is 45.4 Å². The second-order valence-electron chi connectivity index (χ2n) is 5.59. The van der Waals surface area contributed by atoms with Crippen LogP contribution in [0.4, 0.5) is 0 Å². The maximum Gasteiger partial charge on any atom is 0.252 e. The van der Waals surface area contributed by atoms with Gasteiger partial charge in [-0.25, -0.2) is 4.98 Å². The third kappa shape index (κ3) is 4.16. The van der Waals surface area contributed by atoms with E-state index in [-0.39, 0.29) is 24.4 Å². The number of rotatable bonds is 5. The molecule has 1 atom stereocenters. The minimum Gasteiger partial charge on any atom is -0.345 e. The van der Waals surface area contributed by atoms with Crippen LogP contribution >= 0.6 is 22.6 Å². The van der Waals surface area contributed by atoms with Crippen molar-refractivity contribution in [2.75, 3.05) is 6.54 Å². The molecule has 7 heteroatoms. The number of fused-ring (bicyclic) bond motifs is 1. The summed E-state index contributed by atoms with van der Waals surface area (Å²) in [7, 11) is 0. The fourth-order valence-electron chi connectivity index (χ4n) is 2.44. The zero-order chi connectivity index (χ0) is 17.8. The normalized spacial score (nSPS) is 11.9. The Kier molecular flexibility index (Phi) is 5.32. The molecular formula is C18H17IN4O2. The van der Waals surface area contributed by atoms with Crippen molar-refractivity contribution in [3.8, 4) is 0 Å². The van der Waals surface area contributed by atoms with E-state index in [1.165, 1.54) is 0 Å². The van der Waals surface area contributed by atoms with Crippen molar-refractivity contribution in [1.82, 2.24) is 20.6 Å². The van der Waals surface area contributed by atoms with Crippen LogP contribution in [-0.2, 0) is 4.79 Å². The number of carbonyl (C=O) groups is 2. The highest BCUT2D eigenvalue weighted by Crippen LogP contribution is 2.15. The van der Waals surface area contributed by atoms with Gasteiger partial charge in [0.25, 0.3) is 5.91 Å². The first-order valence-corrected chi connectivity index (χ1v) is 8.89. The smallest absolute Gasteiger partial charge is 0.252 e. The first-order valence-electron chi connectivity index (χ1n) is 7.81. The number of hydrogen-bond donors (Lipinski definition) is 3. The van der Waals surface area contributed by atoms with E-state index in [1.54, 1.807) is 12.1 Å². The second kappa shape index (κ2) is 7.64. The van der Waals surface area contributed by atoms with Crippen LogP contribution in [0.25, 0.3) is 11.0 Å². The van der Waals surface area contributed by atoms with E-state index in [0.717, 1.165) is 14.6 Å². The zero-order valence-electron chi connectivity index (χ0n) is 13.5. The van der Waals surface area contributed by atoms with Crippen LogP contribution < -0.4 is 10.6 Å². The number of para-hydroxylation sites is 2. The molecule has 0 spiro atoms. The highest BCUT2D eigenvalue weighted by Gasteiger charge is 2.15. The maximum atomic E-state index is 12.1. The number of hydrogen-bond acceptors (Lipinski definition) is 3. The molecule has 0 saturated heterocycles. The van der Waals surface area contributed by atoms with Gasteiger partial charge in [0.1, 0.15) is 5.82 Å². The van der Waals surface area contributed by atoms with E-state index in [0.29, 0.717) is 11.4 Å². The summed E-state index contributed by atoms with van der Waals surface area (Å²) >= 11 is 2.09. The molecule has 0 aliphatic carbocycles. The van der Waals surface area contributed by atoms with Gasteiger partial charge in [-0.15, -0.1) is 0 Å². The Hall–Kier alpha value is -2.42. The lowest BCUT2D eigenvalue weighted by atomic mass is 10.2. The van der Waals surface area contributed by atoms with Gasteiger partial charge in [0, 0.05) is 3.57 Å². The summed E-state index contributed by atoms with van der Waals surface area (Å²) in [6, 6.07) is 14.6. The van der Waals surface area contributed by atoms with E-state index >= 15 is 0 Å². The Labute approximate surface area is 158 Å². The third-order valence-electron chi connectivity index (χ3n) is 3.72. The number of H-pyrrole nitrogens is 1. The van der Waals surface area contributed by atoms with E-state index < -0.39 is 0 Å². The molecule has 0 aliphatic heterocycles. The quantitative estimate of drug-likeness (QED) is 0.525. The average Bonchev–Trinajstić information content (AvgIpc) is 3.04. The molecule has 0 radical (unpaired) electrons. The summed E-state index contributed by atoms with van der Waals surface area (Å²) in [5.41, 5.74) is 2.33. The van der Waals surface area contributed by atoms with E-state index in [2.05, 4.69) is 43.2 Å². The van der Waals surface area contributed by atoms with E-state index in [9.17, 15) is 9.59 Å². The molecule has 2 amide bonds. The predicted octanol–water partition coefficient (Wildman–Crippen LogP) is 2.77. The summed E-state index contributed by atoms with van der Waals surface area (Å²) in [5.74, 6) is 0.141. The van der Waals surface area contributed by atoms with Gasteiger partial charge in [0.2, 0.25) is 5.91 Å². The lowest BCUT2D eigenvalue weighted by Gasteiger charge is -2.12. The van der Waals surface area contributed by atoms with Gasteiger partial charge in [-0.2, -0.15) is 0 Å². The number of nitrogens with one attached hydrogen (secondary N) is 3. The summed E-state index contributed by atoms with van der Waals surface area (Å²) in [5, 5.41) is 5.47. The molecule has 25 heavy (non-hydrogen) atoms. The highest BCUT2D eigenvalue weighted by molar-refractivity contribution is 14.1. The zero-order valence-corrected chi connectivity index (χ0v) is 15.7. The lowest BCUT2D eigenvalue weighted by Crippen LogP contribution is -2.38. The first kappa shape index (κ1) is 17.4. The summed E-state index contributed by atoms with van der Waals surface area (Å²) in [4.78, 5) is 31.9. The summed E-state index contributed by atoms with van der Waals surface area (Å²) < 4.78 is 0.841. The average molecular weight is 448 g/mol. The Morgan fingerprint density at radius 2 is 1.88 bits per heavy atom. The monoisotopic (exact) mass is 448 g/mol. The van der Waals surface area contributed by atoms with Crippen LogP contribution in [0.2, 0.25) is 0 Å². The van der Waals surface area contributed by atoms with Crippen LogP contribution in [-0.4, -0.2) is 28.3 Å². The molecule has 3 rings (SSSR count). The van der Waals surface area contributed by atoms with Gasteiger partial charge < -0.3 is 15.6 Å². The van der Waals surface area contributed by atoms with Crippen LogP contribution in [0.5, 0.6) is 0 Å².